The molecule has 0 unspecified atom stereocenters. The summed E-state index contributed by atoms with van der Waals surface area (Å²) in [6.07, 6.45) is 1.76. The van der Waals surface area contributed by atoms with Crippen molar-refractivity contribution in [1.82, 2.24) is 4.90 Å². The van der Waals surface area contributed by atoms with Crippen LogP contribution in [0.4, 0.5) is 4.79 Å². The minimum atomic E-state index is -0.259. The number of carbonyl (C=O) groups excluding carboxylic acids is 2. The average molecular weight is 577 g/mol. The fraction of sp³-hybridized carbons (Fsp3) is 0.0714. The maximum atomic E-state index is 12.8. The Hall–Kier alpha value is -3.10. The van der Waals surface area contributed by atoms with Crippen molar-refractivity contribution < 1.29 is 14.3 Å². The predicted molar refractivity (Wildman–Crippen MR) is 145 cm³/mol. The van der Waals surface area contributed by atoms with Crippen LogP contribution in [-0.2, 0) is 17.9 Å². The normalized spacial score (nSPS) is 14.9. The van der Waals surface area contributed by atoms with Crippen LogP contribution >= 0.6 is 34.4 Å². The van der Waals surface area contributed by atoms with Gasteiger partial charge in [0, 0.05) is 3.57 Å². The number of halogens is 1. The molecule has 0 aromatic heterocycles. The van der Waals surface area contributed by atoms with Gasteiger partial charge in [-0.15, -0.1) is 0 Å². The van der Waals surface area contributed by atoms with E-state index in [-0.39, 0.29) is 17.7 Å². The third kappa shape index (κ3) is 5.03. The van der Waals surface area contributed by atoms with Crippen molar-refractivity contribution in [3.8, 4) is 5.75 Å². The van der Waals surface area contributed by atoms with E-state index >= 15 is 0 Å². The van der Waals surface area contributed by atoms with Crippen molar-refractivity contribution >= 4 is 62.3 Å². The highest BCUT2D eigenvalue weighted by Gasteiger charge is 2.34. The van der Waals surface area contributed by atoms with E-state index in [0.29, 0.717) is 11.5 Å². The van der Waals surface area contributed by atoms with Gasteiger partial charge in [-0.05, 0) is 92.2 Å². The lowest BCUT2D eigenvalue weighted by molar-refractivity contribution is -0.123. The molecule has 1 aliphatic heterocycles. The van der Waals surface area contributed by atoms with Crippen LogP contribution in [0, 0.1) is 3.57 Å². The number of nitrogens with zero attached hydrogens (tertiary/aromatic N) is 1. The van der Waals surface area contributed by atoms with Crippen LogP contribution in [0.15, 0.2) is 95.9 Å². The largest absolute Gasteiger partial charge is 0.489 e. The second-order valence-electron chi connectivity index (χ2n) is 7.89. The molecule has 4 aromatic rings. The van der Waals surface area contributed by atoms with Crippen LogP contribution < -0.4 is 4.74 Å². The number of fused-ring (bicyclic) bond motifs is 1. The second kappa shape index (κ2) is 10.0. The van der Waals surface area contributed by atoms with E-state index in [1.807, 2.05) is 66.7 Å². The first kappa shape index (κ1) is 22.7. The topological polar surface area (TPSA) is 46.6 Å². The van der Waals surface area contributed by atoms with E-state index in [4.69, 9.17) is 4.74 Å². The van der Waals surface area contributed by atoms with Crippen LogP contribution in [0.2, 0.25) is 0 Å². The highest BCUT2D eigenvalue weighted by molar-refractivity contribution is 14.1. The quantitative estimate of drug-likeness (QED) is 0.179. The number of imide groups is 1. The van der Waals surface area contributed by atoms with Crippen molar-refractivity contribution in [3.63, 3.8) is 0 Å². The van der Waals surface area contributed by atoms with Crippen molar-refractivity contribution in [2.24, 2.45) is 0 Å². The molecule has 6 heteroatoms. The van der Waals surface area contributed by atoms with Crippen LogP contribution in [0.5, 0.6) is 5.75 Å². The van der Waals surface area contributed by atoms with Gasteiger partial charge in [0.15, 0.2) is 0 Å². The molecule has 0 aliphatic carbocycles. The Bertz CT molecular complexity index is 1390. The van der Waals surface area contributed by atoms with E-state index in [0.717, 1.165) is 37.8 Å². The molecule has 34 heavy (non-hydrogen) atoms. The van der Waals surface area contributed by atoms with Gasteiger partial charge in [0.05, 0.1) is 11.4 Å². The van der Waals surface area contributed by atoms with E-state index in [1.165, 1.54) is 15.7 Å². The first-order chi connectivity index (χ1) is 16.6. The van der Waals surface area contributed by atoms with Crippen LogP contribution in [0.3, 0.4) is 0 Å². The molecule has 0 saturated carbocycles. The van der Waals surface area contributed by atoms with Crippen molar-refractivity contribution in [2.45, 2.75) is 13.2 Å². The van der Waals surface area contributed by atoms with Crippen LogP contribution in [0.25, 0.3) is 16.8 Å². The van der Waals surface area contributed by atoms with Crippen molar-refractivity contribution in [3.05, 3.63) is 116 Å². The van der Waals surface area contributed by atoms with Crippen molar-refractivity contribution in [1.29, 1.82) is 0 Å². The lowest BCUT2D eigenvalue weighted by atomic mass is 10.1. The molecule has 0 atom stereocenters. The standard InChI is InChI=1S/C28H20INO3S/c29-23-12-8-20(9-13-23)17-30-27(31)26(34-28(30)32)16-19-10-14-24(15-11-19)33-18-22-6-3-5-21-4-1-2-7-25(21)22/h1-16H,17-18H2/b26-16+. The Kier molecular flexibility index (Phi) is 6.69. The molecule has 1 fully saturated rings. The van der Waals surface area contributed by atoms with E-state index in [1.54, 1.807) is 6.08 Å². The monoisotopic (exact) mass is 577 g/mol. The van der Waals surface area contributed by atoms with Gasteiger partial charge < -0.3 is 4.74 Å². The summed E-state index contributed by atoms with van der Waals surface area (Å²) in [5, 5.41) is 2.13. The van der Waals surface area contributed by atoms with Crippen LogP contribution in [0.1, 0.15) is 16.7 Å². The molecule has 1 aliphatic rings. The summed E-state index contributed by atoms with van der Waals surface area (Å²) in [5.41, 5.74) is 2.90. The molecule has 0 N–H and O–H groups in total. The van der Waals surface area contributed by atoms with Gasteiger partial charge in [-0.1, -0.05) is 66.7 Å². The van der Waals surface area contributed by atoms with Gasteiger partial charge in [-0.25, -0.2) is 0 Å². The minimum absolute atomic E-state index is 0.246. The summed E-state index contributed by atoms with van der Waals surface area (Å²) in [4.78, 5) is 27.0. The lowest BCUT2D eigenvalue weighted by Gasteiger charge is -2.12. The Balaban J connectivity index is 1.25. The summed E-state index contributed by atoms with van der Waals surface area (Å²) < 4.78 is 7.11. The lowest BCUT2D eigenvalue weighted by Crippen LogP contribution is -2.27. The number of ether oxygens (including phenoxy) is 1. The number of rotatable bonds is 6. The highest BCUT2D eigenvalue weighted by atomic mass is 127. The van der Waals surface area contributed by atoms with Gasteiger partial charge in [0.2, 0.25) is 0 Å². The van der Waals surface area contributed by atoms with Gasteiger partial charge >= 0.3 is 0 Å². The number of carbonyl (C=O) groups is 2. The van der Waals surface area contributed by atoms with Gasteiger partial charge in [-0.2, -0.15) is 0 Å². The first-order valence-corrected chi connectivity index (χ1v) is 12.7. The molecule has 0 bridgehead atoms. The molecule has 0 spiro atoms. The summed E-state index contributed by atoms with van der Waals surface area (Å²) >= 11 is 3.21. The highest BCUT2D eigenvalue weighted by Crippen LogP contribution is 2.33. The Labute approximate surface area is 215 Å². The Morgan fingerprint density at radius 3 is 2.38 bits per heavy atom. The zero-order valence-corrected chi connectivity index (χ0v) is 21.1. The summed E-state index contributed by atoms with van der Waals surface area (Å²) in [7, 11) is 0. The molecule has 5 rings (SSSR count). The fourth-order valence-electron chi connectivity index (χ4n) is 3.80. The van der Waals surface area contributed by atoms with E-state index in [9.17, 15) is 9.59 Å². The Morgan fingerprint density at radius 1 is 0.853 bits per heavy atom. The number of hydrogen-bond donors (Lipinski definition) is 0. The fourth-order valence-corrected chi connectivity index (χ4v) is 5.00. The predicted octanol–water partition coefficient (Wildman–Crippen LogP) is 7.26. The van der Waals surface area contributed by atoms with E-state index in [2.05, 4.69) is 46.9 Å². The number of amides is 2. The molecular formula is C28H20INO3S. The smallest absolute Gasteiger partial charge is 0.293 e. The SMILES string of the molecule is O=C1S/C(=C/c2ccc(OCc3cccc4ccccc34)cc2)C(=O)N1Cc1ccc(I)cc1. The second-order valence-corrected chi connectivity index (χ2v) is 10.1. The Morgan fingerprint density at radius 2 is 1.59 bits per heavy atom. The zero-order chi connectivity index (χ0) is 23.5. The van der Waals surface area contributed by atoms with Crippen LogP contribution in [-0.4, -0.2) is 16.0 Å². The van der Waals surface area contributed by atoms with Gasteiger partial charge in [0.25, 0.3) is 11.1 Å². The number of benzene rings is 4. The summed E-state index contributed by atoms with van der Waals surface area (Å²) in [6, 6.07) is 29.8. The third-order valence-electron chi connectivity index (χ3n) is 5.58. The first-order valence-electron chi connectivity index (χ1n) is 10.8. The minimum Gasteiger partial charge on any atom is -0.489 e. The molecule has 1 heterocycles. The molecule has 4 nitrogen and oxygen atoms in total. The van der Waals surface area contributed by atoms with E-state index < -0.39 is 0 Å². The molecule has 168 valence electrons. The maximum Gasteiger partial charge on any atom is 0.293 e. The molecule has 4 aromatic carbocycles. The summed E-state index contributed by atoms with van der Waals surface area (Å²) in [5.74, 6) is 0.488. The maximum absolute atomic E-state index is 12.8. The molecule has 0 radical (unpaired) electrons. The van der Waals surface area contributed by atoms with Crippen molar-refractivity contribution in [2.75, 3.05) is 0 Å². The third-order valence-corrected chi connectivity index (χ3v) is 7.21. The van der Waals surface area contributed by atoms with Gasteiger partial charge in [0.1, 0.15) is 12.4 Å². The number of thioether (sulfide) groups is 1. The van der Waals surface area contributed by atoms with Gasteiger partial charge in [-0.3, -0.25) is 14.5 Å². The average Bonchev–Trinajstić information content (AvgIpc) is 3.12. The number of hydrogen-bond acceptors (Lipinski definition) is 4. The summed E-state index contributed by atoms with van der Waals surface area (Å²) in [6.45, 7) is 0.748. The zero-order valence-electron chi connectivity index (χ0n) is 18.1. The molecule has 2 amide bonds. The molecular weight excluding hydrogens is 557 g/mol. The molecule has 1 saturated heterocycles.